The zero-order valence-electron chi connectivity index (χ0n) is 14.0. The van der Waals surface area contributed by atoms with E-state index >= 15 is 0 Å². The fraction of sp³-hybridized carbons (Fsp3) is 0.316. The summed E-state index contributed by atoms with van der Waals surface area (Å²) >= 11 is 5.82. The summed E-state index contributed by atoms with van der Waals surface area (Å²) in [5.41, 5.74) is 2.63. The van der Waals surface area contributed by atoms with E-state index < -0.39 is 6.10 Å². The number of halogens is 1. The van der Waals surface area contributed by atoms with Crippen LogP contribution in [0.15, 0.2) is 48.5 Å². The molecule has 0 saturated carbocycles. The number of hydrogen-bond donors (Lipinski definition) is 2. The zero-order chi connectivity index (χ0) is 17.5. The van der Waals surface area contributed by atoms with Gasteiger partial charge in [-0.3, -0.25) is 4.79 Å². The topological polar surface area (TPSA) is 52.6 Å². The molecule has 5 heteroatoms. The molecule has 0 radical (unpaired) electrons. The van der Waals surface area contributed by atoms with Gasteiger partial charge in [0.15, 0.2) is 0 Å². The maximum atomic E-state index is 12.1. The summed E-state index contributed by atoms with van der Waals surface area (Å²) in [5, 5.41) is 13.5. The summed E-state index contributed by atoms with van der Waals surface area (Å²) in [4.78, 5) is 14.2. The highest BCUT2D eigenvalue weighted by molar-refractivity contribution is 6.30. The standard InChI is InChI=1S/C19H23ClN2O2/c1-22(2)12-11-14-3-9-17(10-4-14)21-19(24)13-18(23)15-5-7-16(20)8-6-15/h3-10,18,23H,11-13H2,1-2H3,(H,21,24). The minimum absolute atomic E-state index is 0.00398. The van der Waals surface area contributed by atoms with Crippen LogP contribution >= 0.6 is 11.6 Å². The first kappa shape index (κ1) is 18.5. The molecule has 0 fully saturated rings. The smallest absolute Gasteiger partial charge is 0.227 e. The number of carbonyl (C=O) groups is 1. The Kier molecular flexibility index (Phi) is 6.79. The van der Waals surface area contributed by atoms with Crippen LogP contribution in [0.1, 0.15) is 23.7 Å². The van der Waals surface area contributed by atoms with Gasteiger partial charge >= 0.3 is 0 Å². The fourth-order valence-electron chi connectivity index (χ4n) is 2.30. The highest BCUT2D eigenvalue weighted by Gasteiger charge is 2.13. The van der Waals surface area contributed by atoms with Crippen molar-refractivity contribution in [3.8, 4) is 0 Å². The summed E-state index contributed by atoms with van der Waals surface area (Å²) in [6, 6.07) is 14.6. The largest absolute Gasteiger partial charge is 0.388 e. The third kappa shape index (κ3) is 5.96. The number of rotatable bonds is 7. The van der Waals surface area contributed by atoms with E-state index in [2.05, 4.69) is 10.2 Å². The number of likely N-dealkylation sites (N-methyl/N-ethyl adjacent to an activating group) is 1. The van der Waals surface area contributed by atoms with Crippen molar-refractivity contribution in [3.63, 3.8) is 0 Å². The lowest BCUT2D eigenvalue weighted by atomic mass is 10.1. The highest BCUT2D eigenvalue weighted by atomic mass is 35.5. The van der Waals surface area contributed by atoms with Crippen LogP contribution in [-0.4, -0.2) is 36.6 Å². The maximum Gasteiger partial charge on any atom is 0.227 e. The van der Waals surface area contributed by atoms with Crippen LogP contribution in [0.2, 0.25) is 5.02 Å². The molecule has 2 N–H and O–H groups in total. The number of benzene rings is 2. The van der Waals surface area contributed by atoms with E-state index in [1.54, 1.807) is 24.3 Å². The molecule has 0 heterocycles. The van der Waals surface area contributed by atoms with Gasteiger partial charge in [0, 0.05) is 17.3 Å². The van der Waals surface area contributed by atoms with Crippen molar-refractivity contribution in [1.82, 2.24) is 4.90 Å². The fourth-order valence-corrected chi connectivity index (χ4v) is 2.42. The summed E-state index contributed by atoms with van der Waals surface area (Å²) in [6.45, 7) is 0.985. The summed E-state index contributed by atoms with van der Waals surface area (Å²) < 4.78 is 0. The van der Waals surface area contributed by atoms with Gasteiger partial charge in [0.25, 0.3) is 0 Å². The van der Waals surface area contributed by atoms with E-state index in [4.69, 9.17) is 11.6 Å². The molecule has 1 atom stereocenters. The van der Waals surface area contributed by atoms with Crippen LogP contribution in [0.4, 0.5) is 5.69 Å². The molecular formula is C19H23ClN2O2. The molecule has 0 aliphatic carbocycles. The number of aliphatic hydroxyl groups excluding tert-OH is 1. The van der Waals surface area contributed by atoms with Gasteiger partial charge in [0.2, 0.25) is 5.91 Å². The van der Waals surface area contributed by atoms with Crippen LogP contribution in [0.3, 0.4) is 0 Å². The third-order valence-electron chi connectivity index (χ3n) is 3.72. The van der Waals surface area contributed by atoms with E-state index in [9.17, 15) is 9.90 Å². The SMILES string of the molecule is CN(C)CCc1ccc(NC(=O)CC(O)c2ccc(Cl)cc2)cc1. The predicted molar refractivity (Wildman–Crippen MR) is 98.4 cm³/mol. The normalized spacial score (nSPS) is 12.2. The van der Waals surface area contributed by atoms with Crippen molar-refractivity contribution in [3.05, 3.63) is 64.7 Å². The molecule has 1 amide bonds. The van der Waals surface area contributed by atoms with Crippen LogP contribution in [-0.2, 0) is 11.2 Å². The highest BCUT2D eigenvalue weighted by Crippen LogP contribution is 2.20. The van der Waals surface area contributed by atoms with Gasteiger partial charge < -0.3 is 15.3 Å². The van der Waals surface area contributed by atoms with Gasteiger partial charge in [-0.1, -0.05) is 35.9 Å². The Bertz CT molecular complexity index is 654. The molecule has 1 unspecified atom stereocenters. The first-order chi connectivity index (χ1) is 11.4. The van der Waals surface area contributed by atoms with Crippen molar-refractivity contribution in [2.75, 3.05) is 26.0 Å². The number of aliphatic hydroxyl groups is 1. The van der Waals surface area contributed by atoms with E-state index in [-0.39, 0.29) is 12.3 Å². The van der Waals surface area contributed by atoms with Gasteiger partial charge in [0.05, 0.1) is 12.5 Å². The average Bonchev–Trinajstić information content (AvgIpc) is 2.54. The second kappa shape index (κ2) is 8.83. The van der Waals surface area contributed by atoms with Crippen LogP contribution in [0, 0.1) is 0 Å². The van der Waals surface area contributed by atoms with E-state index in [1.165, 1.54) is 5.56 Å². The van der Waals surface area contributed by atoms with E-state index in [0.717, 1.165) is 18.7 Å². The van der Waals surface area contributed by atoms with Crippen molar-refractivity contribution in [2.45, 2.75) is 18.9 Å². The Labute approximate surface area is 148 Å². The second-order valence-corrected chi connectivity index (χ2v) is 6.51. The summed E-state index contributed by atoms with van der Waals surface area (Å²) in [6.07, 6.45) is 0.127. The molecule has 4 nitrogen and oxygen atoms in total. The Morgan fingerprint density at radius 3 is 2.33 bits per heavy atom. The number of carbonyl (C=O) groups excluding carboxylic acids is 1. The number of nitrogens with one attached hydrogen (secondary N) is 1. The predicted octanol–water partition coefficient (Wildman–Crippen LogP) is 3.51. The lowest BCUT2D eigenvalue weighted by Crippen LogP contribution is -2.16. The molecule has 2 aromatic rings. The Morgan fingerprint density at radius 2 is 1.75 bits per heavy atom. The van der Waals surface area contributed by atoms with Gasteiger partial charge in [0.1, 0.15) is 0 Å². The van der Waals surface area contributed by atoms with Crippen molar-refractivity contribution >= 4 is 23.2 Å². The van der Waals surface area contributed by atoms with Gasteiger partial charge in [-0.15, -0.1) is 0 Å². The van der Waals surface area contributed by atoms with Crippen LogP contribution < -0.4 is 5.32 Å². The molecule has 24 heavy (non-hydrogen) atoms. The number of nitrogens with zero attached hydrogens (tertiary/aromatic N) is 1. The lowest BCUT2D eigenvalue weighted by Gasteiger charge is -2.12. The molecule has 0 bridgehead atoms. The first-order valence-electron chi connectivity index (χ1n) is 7.91. The maximum absolute atomic E-state index is 12.1. The molecule has 2 aromatic carbocycles. The van der Waals surface area contributed by atoms with Gasteiger partial charge in [-0.25, -0.2) is 0 Å². The van der Waals surface area contributed by atoms with Crippen LogP contribution in [0.5, 0.6) is 0 Å². The van der Waals surface area contributed by atoms with Crippen molar-refractivity contribution in [2.24, 2.45) is 0 Å². The molecule has 0 aromatic heterocycles. The quantitative estimate of drug-likeness (QED) is 0.806. The minimum Gasteiger partial charge on any atom is -0.388 e. The Balaban J connectivity index is 1.86. The monoisotopic (exact) mass is 346 g/mol. The molecular weight excluding hydrogens is 324 g/mol. The zero-order valence-corrected chi connectivity index (χ0v) is 14.8. The number of hydrogen-bond acceptors (Lipinski definition) is 3. The second-order valence-electron chi connectivity index (χ2n) is 6.07. The van der Waals surface area contributed by atoms with Gasteiger partial charge in [-0.2, -0.15) is 0 Å². The molecule has 0 aliphatic rings. The van der Waals surface area contributed by atoms with E-state index in [1.807, 2.05) is 38.4 Å². The molecule has 0 spiro atoms. The Morgan fingerprint density at radius 1 is 1.12 bits per heavy atom. The van der Waals surface area contributed by atoms with E-state index in [0.29, 0.717) is 10.6 Å². The Hall–Kier alpha value is -1.88. The number of amides is 1. The minimum atomic E-state index is -0.846. The molecule has 2 rings (SSSR count). The number of anilines is 1. The summed E-state index contributed by atoms with van der Waals surface area (Å²) in [7, 11) is 4.08. The van der Waals surface area contributed by atoms with Crippen molar-refractivity contribution < 1.29 is 9.90 Å². The molecule has 128 valence electrons. The third-order valence-corrected chi connectivity index (χ3v) is 3.97. The van der Waals surface area contributed by atoms with Gasteiger partial charge in [-0.05, 0) is 55.9 Å². The first-order valence-corrected chi connectivity index (χ1v) is 8.29. The molecule has 0 aliphatic heterocycles. The molecule has 0 saturated heterocycles. The average molecular weight is 347 g/mol. The van der Waals surface area contributed by atoms with Crippen molar-refractivity contribution in [1.29, 1.82) is 0 Å². The van der Waals surface area contributed by atoms with Crippen LogP contribution in [0.25, 0.3) is 0 Å². The summed E-state index contributed by atoms with van der Waals surface area (Å²) in [5.74, 6) is -0.224. The lowest BCUT2D eigenvalue weighted by molar-refractivity contribution is -0.118.